The number of pyridine rings is 1. The molecule has 0 bridgehead atoms. The maximum absolute atomic E-state index is 12.5. The van der Waals surface area contributed by atoms with Crippen LogP contribution in [-0.2, 0) is 22.6 Å². The summed E-state index contributed by atoms with van der Waals surface area (Å²) in [6.45, 7) is 1.03. The highest BCUT2D eigenvalue weighted by molar-refractivity contribution is 7.10. The second kappa shape index (κ2) is 8.11. The van der Waals surface area contributed by atoms with Gasteiger partial charge in [-0.3, -0.25) is 9.59 Å². The van der Waals surface area contributed by atoms with Gasteiger partial charge in [0.05, 0.1) is 13.5 Å². The van der Waals surface area contributed by atoms with Crippen LogP contribution in [0.5, 0.6) is 5.88 Å². The third-order valence-corrected chi connectivity index (χ3v) is 5.13. The molecule has 0 aromatic carbocycles. The second-order valence-corrected chi connectivity index (χ2v) is 6.96. The van der Waals surface area contributed by atoms with Gasteiger partial charge < -0.3 is 15.0 Å². The fourth-order valence-corrected chi connectivity index (χ4v) is 3.68. The van der Waals surface area contributed by atoms with Gasteiger partial charge in [0.2, 0.25) is 17.7 Å². The van der Waals surface area contributed by atoms with E-state index in [-0.39, 0.29) is 17.9 Å². The smallest absolute Gasteiger partial charge is 0.243 e. The van der Waals surface area contributed by atoms with Crippen molar-refractivity contribution in [1.29, 1.82) is 0 Å². The largest absolute Gasteiger partial charge is 0.481 e. The molecule has 2 aromatic rings. The van der Waals surface area contributed by atoms with E-state index in [1.54, 1.807) is 35.6 Å². The first-order chi connectivity index (χ1) is 12.2. The minimum Gasteiger partial charge on any atom is -0.481 e. The molecule has 25 heavy (non-hydrogen) atoms. The molecule has 0 saturated carbocycles. The molecule has 2 amide bonds. The number of hydrogen-bond acceptors (Lipinski definition) is 5. The number of amides is 2. The Morgan fingerprint density at radius 2 is 2.32 bits per heavy atom. The van der Waals surface area contributed by atoms with Crippen LogP contribution in [0.1, 0.15) is 23.3 Å². The molecule has 0 radical (unpaired) electrons. The standard InChI is InChI=1S/C18H21N3O3S/c1-24-16-10-13(6-7-19-16)12-20-18(23)15-5-2-8-21(15)17(22)11-14-4-3-9-25-14/h3-4,6-7,9-10,15H,2,5,8,11-12H2,1H3,(H,20,23). The van der Waals surface area contributed by atoms with E-state index < -0.39 is 0 Å². The van der Waals surface area contributed by atoms with Crippen LogP contribution in [0.15, 0.2) is 35.8 Å². The van der Waals surface area contributed by atoms with Gasteiger partial charge in [0.25, 0.3) is 0 Å². The highest BCUT2D eigenvalue weighted by Gasteiger charge is 2.33. The molecule has 1 aliphatic rings. The van der Waals surface area contributed by atoms with Crippen molar-refractivity contribution in [3.05, 3.63) is 46.3 Å². The third-order valence-electron chi connectivity index (χ3n) is 4.26. The van der Waals surface area contributed by atoms with E-state index in [1.807, 2.05) is 23.6 Å². The maximum atomic E-state index is 12.5. The Bertz CT molecular complexity index is 733. The summed E-state index contributed by atoms with van der Waals surface area (Å²) in [5, 5.41) is 4.88. The molecule has 3 heterocycles. The van der Waals surface area contributed by atoms with E-state index in [1.165, 1.54) is 0 Å². The van der Waals surface area contributed by atoms with E-state index in [4.69, 9.17) is 4.74 Å². The van der Waals surface area contributed by atoms with Gasteiger partial charge in [0.1, 0.15) is 6.04 Å². The average molecular weight is 359 g/mol. The monoisotopic (exact) mass is 359 g/mol. The van der Waals surface area contributed by atoms with Crippen LogP contribution >= 0.6 is 11.3 Å². The van der Waals surface area contributed by atoms with Gasteiger partial charge in [0, 0.05) is 30.2 Å². The fraction of sp³-hybridized carbons (Fsp3) is 0.389. The summed E-state index contributed by atoms with van der Waals surface area (Å²) in [6, 6.07) is 7.12. The number of thiophene rings is 1. The lowest BCUT2D eigenvalue weighted by Gasteiger charge is -2.24. The Labute approximate surface area is 150 Å². The van der Waals surface area contributed by atoms with Crippen molar-refractivity contribution in [2.75, 3.05) is 13.7 Å². The van der Waals surface area contributed by atoms with Crippen LogP contribution in [0.2, 0.25) is 0 Å². The summed E-state index contributed by atoms with van der Waals surface area (Å²) >= 11 is 1.56. The van der Waals surface area contributed by atoms with Crippen molar-refractivity contribution in [3.8, 4) is 5.88 Å². The summed E-state index contributed by atoms with van der Waals surface area (Å²) in [6.07, 6.45) is 3.58. The van der Waals surface area contributed by atoms with Crippen LogP contribution < -0.4 is 10.1 Å². The first kappa shape index (κ1) is 17.4. The van der Waals surface area contributed by atoms with Crippen LogP contribution in [0.3, 0.4) is 0 Å². The van der Waals surface area contributed by atoms with E-state index in [2.05, 4.69) is 10.3 Å². The minimum atomic E-state index is -0.379. The number of nitrogens with one attached hydrogen (secondary N) is 1. The summed E-state index contributed by atoms with van der Waals surface area (Å²) < 4.78 is 5.08. The number of hydrogen-bond donors (Lipinski definition) is 1. The zero-order chi connectivity index (χ0) is 17.6. The molecule has 1 atom stereocenters. The SMILES string of the molecule is COc1cc(CNC(=O)C2CCCN2C(=O)Cc2cccs2)ccn1. The summed E-state index contributed by atoms with van der Waals surface area (Å²) in [5.41, 5.74) is 0.912. The average Bonchev–Trinajstić information content (AvgIpc) is 3.31. The number of rotatable bonds is 6. The van der Waals surface area contributed by atoms with Gasteiger partial charge in [-0.1, -0.05) is 6.07 Å². The molecule has 0 aliphatic carbocycles. The van der Waals surface area contributed by atoms with Crippen molar-refractivity contribution >= 4 is 23.2 Å². The zero-order valence-corrected chi connectivity index (χ0v) is 14.9. The third kappa shape index (κ3) is 4.36. The van der Waals surface area contributed by atoms with Crippen LogP contribution in [0, 0.1) is 0 Å². The molecule has 1 aliphatic heterocycles. The number of likely N-dealkylation sites (tertiary alicyclic amines) is 1. The molecule has 1 fully saturated rings. The Hall–Kier alpha value is -2.41. The molecule has 0 spiro atoms. The first-order valence-corrected chi connectivity index (χ1v) is 9.14. The van der Waals surface area contributed by atoms with Crippen molar-refractivity contribution < 1.29 is 14.3 Å². The number of methoxy groups -OCH3 is 1. The zero-order valence-electron chi connectivity index (χ0n) is 14.1. The van der Waals surface area contributed by atoms with Crippen molar-refractivity contribution in [1.82, 2.24) is 15.2 Å². The van der Waals surface area contributed by atoms with Gasteiger partial charge in [-0.25, -0.2) is 4.98 Å². The Morgan fingerprint density at radius 1 is 1.44 bits per heavy atom. The summed E-state index contributed by atoms with van der Waals surface area (Å²) in [5.74, 6) is 0.429. The van der Waals surface area contributed by atoms with Crippen LogP contribution in [-0.4, -0.2) is 41.4 Å². The second-order valence-electron chi connectivity index (χ2n) is 5.93. The molecule has 132 valence electrons. The van der Waals surface area contributed by atoms with Gasteiger partial charge in [0.15, 0.2) is 0 Å². The topological polar surface area (TPSA) is 71.5 Å². The number of ether oxygens (including phenoxy) is 1. The predicted octanol–water partition coefficient (Wildman–Crippen LogP) is 2.00. The van der Waals surface area contributed by atoms with Crippen molar-refractivity contribution in [2.24, 2.45) is 0 Å². The molecule has 1 N–H and O–H groups in total. The van der Waals surface area contributed by atoms with E-state index in [0.29, 0.717) is 31.8 Å². The molecular formula is C18H21N3O3S. The summed E-state index contributed by atoms with van der Waals surface area (Å²) in [4.78, 5) is 31.8. The lowest BCUT2D eigenvalue weighted by molar-refractivity contribution is -0.138. The molecule has 1 saturated heterocycles. The fourth-order valence-electron chi connectivity index (χ4n) is 2.98. The van der Waals surface area contributed by atoms with Crippen molar-refractivity contribution in [3.63, 3.8) is 0 Å². The number of carbonyl (C=O) groups is 2. The normalized spacial score (nSPS) is 16.7. The van der Waals surface area contributed by atoms with Gasteiger partial charge in [-0.05, 0) is 35.9 Å². The van der Waals surface area contributed by atoms with E-state index >= 15 is 0 Å². The quantitative estimate of drug-likeness (QED) is 0.856. The highest BCUT2D eigenvalue weighted by Crippen LogP contribution is 2.20. The molecule has 3 rings (SSSR count). The number of carbonyl (C=O) groups excluding carboxylic acids is 2. The van der Waals surface area contributed by atoms with Gasteiger partial charge in [-0.2, -0.15) is 0 Å². The summed E-state index contributed by atoms with van der Waals surface area (Å²) in [7, 11) is 1.56. The molecule has 7 heteroatoms. The van der Waals surface area contributed by atoms with Crippen LogP contribution in [0.4, 0.5) is 0 Å². The minimum absolute atomic E-state index is 0.0191. The first-order valence-electron chi connectivity index (χ1n) is 8.26. The Kier molecular flexibility index (Phi) is 5.65. The van der Waals surface area contributed by atoms with E-state index in [9.17, 15) is 9.59 Å². The molecule has 1 unspecified atom stereocenters. The van der Waals surface area contributed by atoms with Gasteiger partial charge >= 0.3 is 0 Å². The highest BCUT2D eigenvalue weighted by atomic mass is 32.1. The molecular weight excluding hydrogens is 338 g/mol. The Balaban J connectivity index is 1.57. The maximum Gasteiger partial charge on any atom is 0.243 e. The Morgan fingerprint density at radius 3 is 3.08 bits per heavy atom. The molecule has 6 nitrogen and oxygen atoms in total. The number of aromatic nitrogens is 1. The molecule has 2 aromatic heterocycles. The van der Waals surface area contributed by atoms with E-state index in [0.717, 1.165) is 16.9 Å². The van der Waals surface area contributed by atoms with Gasteiger partial charge in [-0.15, -0.1) is 11.3 Å². The van der Waals surface area contributed by atoms with Crippen molar-refractivity contribution in [2.45, 2.75) is 31.8 Å². The van der Waals surface area contributed by atoms with Crippen LogP contribution in [0.25, 0.3) is 0 Å². The lowest BCUT2D eigenvalue weighted by atomic mass is 10.2. The lowest BCUT2D eigenvalue weighted by Crippen LogP contribution is -2.46. The number of nitrogens with zero attached hydrogens (tertiary/aromatic N) is 2. The predicted molar refractivity (Wildman–Crippen MR) is 95.4 cm³/mol.